The molecule has 78 valence electrons. The van der Waals surface area contributed by atoms with Crippen LogP contribution in [0.15, 0.2) is 47.2 Å². The average molecular weight is 214 g/mol. The molecule has 1 aromatic carbocycles. The van der Waals surface area contributed by atoms with Crippen LogP contribution < -0.4 is 0 Å². The SMILES string of the molecule is Fc1ccc2c(-c3cccnc3)noc2c1. The lowest BCUT2D eigenvalue weighted by molar-refractivity contribution is 0.457. The first-order valence-electron chi connectivity index (χ1n) is 4.80. The molecule has 0 aliphatic rings. The van der Waals surface area contributed by atoms with Gasteiger partial charge >= 0.3 is 0 Å². The molecule has 4 heteroatoms. The minimum atomic E-state index is -0.332. The van der Waals surface area contributed by atoms with Crippen LogP contribution in [0.4, 0.5) is 4.39 Å². The maximum atomic E-state index is 12.9. The Bertz CT molecular complexity index is 634. The van der Waals surface area contributed by atoms with Crippen molar-refractivity contribution in [2.45, 2.75) is 0 Å². The third kappa shape index (κ3) is 1.35. The van der Waals surface area contributed by atoms with Crippen LogP contribution in [0.5, 0.6) is 0 Å². The van der Waals surface area contributed by atoms with Crippen LogP contribution in [0.2, 0.25) is 0 Å². The molecule has 0 amide bonds. The van der Waals surface area contributed by atoms with Crippen molar-refractivity contribution in [3.63, 3.8) is 0 Å². The zero-order valence-corrected chi connectivity index (χ0v) is 8.22. The van der Waals surface area contributed by atoms with Crippen molar-refractivity contribution in [1.82, 2.24) is 10.1 Å². The molecule has 0 N–H and O–H groups in total. The van der Waals surface area contributed by atoms with Gasteiger partial charge in [-0.25, -0.2) is 4.39 Å². The summed E-state index contributed by atoms with van der Waals surface area (Å²) in [6.45, 7) is 0. The molecular formula is C12H7FN2O. The second-order valence-corrected chi connectivity index (χ2v) is 3.41. The Morgan fingerprint density at radius 2 is 2.12 bits per heavy atom. The molecule has 0 bridgehead atoms. The Labute approximate surface area is 90.5 Å². The van der Waals surface area contributed by atoms with E-state index < -0.39 is 0 Å². The van der Waals surface area contributed by atoms with Gasteiger partial charge in [0.2, 0.25) is 0 Å². The monoisotopic (exact) mass is 214 g/mol. The van der Waals surface area contributed by atoms with Crippen molar-refractivity contribution >= 4 is 11.0 Å². The van der Waals surface area contributed by atoms with Crippen molar-refractivity contribution in [2.24, 2.45) is 0 Å². The topological polar surface area (TPSA) is 38.9 Å². The van der Waals surface area contributed by atoms with Gasteiger partial charge in [0.15, 0.2) is 5.58 Å². The van der Waals surface area contributed by atoms with Gasteiger partial charge in [-0.3, -0.25) is 4.98 Å². The number of hydrogen-bond acceptors (Lipinski definition) is 3. The molecular weight excluding hydrogens is 207 g/mol. The van der Waals surface area contributed by atoms with Crippen LogP contribution in [0.1, 0.15) is 0 Å². The summed E-state index contributed by atoms with van der Waals surface area (Å²) in [5.41, 5.74) is 1.98. The molecule has 2 heterocycles. The second-order valence-electron chi connectivity index (χ2n) is 3.41. The largest absolute Gasteiger partial charge is 0.356 e. The first-order chi connectivity index (χ1) is 7.84. The van der Waals surface area contributed by atoms with Gasteiger partial charge in [-0.15, -0.1) is 0 Å². The third-order valence-corrected chi connectivity index (χ3v) is 2.37. The maximum Gasteiger partial charge on any atom is 0.170 e. The highest BCUT2D eigenvalue weighted by molar-refractivity contribution is 5.91. The Kier molecular flexibility index (Phi) is 1.93. The molecule has 2 aromatic heterocycles. The smallest absolute Gasteiger partial charge is 0.170 e. The van der Waals surface area contributed by atoms with Crippen molar-refractivity contribution < 1.29 is 8.91 Å². The van der Waals surface area contributed by atoms with Crippen molar-refractivity contribution in [2.75, 3.05) is 0 Å². The fourth-order valence-corrected chi connectivity index (χ4v) is 1.62. The van der Waals surface area contributed by atoms with E-state index in [-0.39, 0.29) is 5.82 Å². The van der Waals surface area contributed by atoms with E-state index in [1.165, 1.54) is 12.1 Å². The summed E-state index contributed by atoms with van der Waals surface area (Å²) in [5, 5.41) is 4.71. The minimum Gasteiger partial charge on any atom is -0.356 e. The van der Waals surface area contributed by atoms with Gasteiger partial charge < -0.3 is 4.52 Å². The highest BCUT2D eigenvalue weighted by Gasteiger charge is 2.10. The van der Waals surface area contributed by atoms with Gasteiger partial charge in [-0.2, -0.15) is 0 Å². The zero-order chi connectivity index (χ0) is 11.0. The number of pyridine rings is 1. The lowest BCUT2D eigenvalue weighted by Crippen LogP contribution is -1.79. The number of halogens is 1. The van der Waals surface area contributed by atoms with Gasteiger partial charge in [0.1, 0.15) is 11.5 Å². The molecule has 0 aliphatic heterocycles. The lowest BCUT2D eigenvalue weighted by Gasteiger charge is -1.94. The van der Waals surface area contributed by atoms with Gasteiger partial charge in [0.25, 0.3) is 0 Å². The number of aromatic nitrogens is 2. The molecule has 3 aromatic rings. The van der Waals surface area contributed by atoms with E-state index in [2.05, 4.69) is 10.1 Å². The number of rotatable bonds is 1. The molecule has 0 saturated heterocycles. The highest BCUT2D eigenvalue weighted by Crippen LogP contribution is 2.27. The van der Waals surface area contributed by atoms with Gasteiger partial charge in [0, 0.05) is 29.4 Å². The Hall–Kier alpha value is -2.23. The molecule has 0 spiro atoms. The highest BCUT2D eigenvalue weighted by atomic mass is 19.1. The summed E-state index contributed by atoms with van der Waals surface area (Å²) in [6, 6.07) is 8.07. The number of benzene rings is 1. The van der Waals surface area contributed by atoms with Crippen LogP contribution in [0, 0.1) is 5.82 Å². The summed E-state index contributed by atoms with van der Waals surface area (Å²) >= 11 is 0. The van der Waals surface area contributed by atoms with Crippen LogP contribution in [0.25, 0.3) is 22.2 Å². The van der Waals surface area contributed by atoms with Gasteiger partial charge in [-0.05, 0) is 24.3 Å². The Balaban J connectivity index is 2.26. The fraction of sp³-hybridized carbons (Fsp3) is 0. The summed E-state index contributed by atoms with van der Waals surface area (Å²) in [7, 11) is 0. The molecule has 0 atom stereocenters. The third-order valence-electron chi connectivity index (χ3n) is 2.37. The molecule has 0 fully saturated rings. The van der Waals surface area contributed by atoms with Crippen molar-refractivity contribution in [3.05, 3.63) is 48.5 Å². The van der Waals surface area contributed by atoms with Crippen LogP contribution in [-0.4, -0.2) is 10.1 Å². The van der Waals surface area contributed by atoms with E-state index in [1.54, 1.807) is 18.5 Å². The van der Waals surface area contributed by atoms with Gasteiger partial charge in [-0.1, -0.05) is 5.16 Å². The number of nitrogens with zero attached hydrogens (tertiary/aromatic N) is 2. The molecule has 3 nitrogen and oxygen atoms in total. The molecule has 0 radical (unpaired) electrons. The Morgan fingerprint density at radius 1 is 1.19 bits per heavy atom. The van der Waals surface area contributed by atoms with Crippen LogP contribution in [0.3, 0.4) is 0 Å². The van der Waals surface area contributed by atoms with E-state index >= 15 is 0 Å². The van der Waals surface area contributed by atoms with E-state index in [4.69, 9.17) is 4.52 Å². The molecule has 16 heavy (non-hydrogen) atoms. The Morgan fingerprint density at radius 3 is 2.94 bits per heavy atom. The van der Waals surface area contributed by atoms with E-state index in [9.17, 15) is 4.39 Å². The van der Waals surface area contributed by atoms with E-state index in [1.807, 2.05) is 12.1 Å². The quantitative estimate of drug-likeness (QED) is 0.625. The summed E-state index contributed by atoms with van der Waals surface area (Å²) in [4.78, 5) is 4.01. The lowest BCUT2D eigenvalue weighted by atomic mass is 10.1. The first-order valence-corrected chi connectivity index (χ1v) is 4.80. The molecule has 0 saturated carbocycles. The minimum absolute atomic E-state index is 0.332. The van der Waals surface area contributed by atoms with E-state index in [0.717, 1.165) is 10.9 Å². The first kappa shape index (κ1) is 9.03. The van der Waals surface area contributed by atoms with Gasteiger partial charge in [0.05, 0.1) is 0 Å². The zero-order valence-electron chi connectivity index (χ0n) is 8.22. The molecule has 0 unspecified atom stereocenters. The standard InChI is InChI=1S/C12H7FN2O/c13-9-3-4-10-11(6-9)16-15-12(10)8-2-1-5-14-7-8/h1-7H. The van der Waals surface area contributed by atoms with Crippen LogP contribution in [-0.2, 0) is 0 Å². The summed E-state index contributed by atoms with van der Waals surface area (Å²) in [6.07, 6.45) is 3.38. The predicted octanol–water partition coefficient (Wildman–Crippen LogP) is 3.03. The van der Waals surface area contributed by atoms with Crippen LogP contribution >= 0.6 is 0 Å². The summed E-state index contributed by atoms with van der Waals surface area (Å²) in [5.74, 6) is -0.332. The maximum absolute atomic E-state index is 12.9. The van der Waals surface area contributed by atoms with E-state index in [0.29, 0.717) is 11.3 Å². The molecule has 3 rings (SSSR count). The van der Waals surface area contributed by atoms with Crippen molar-refractivity contribution in [3.8, 4) is 11.3 Å². The number of fused-ring (bicyclic) bond motifs is 1. The fourth-order valence-electron chi connectivity index (χ4n) is 1.62. The average Bonchev–Trinajstić information content (AvgIpc) is 2.73. The number of hydrogen-bond donors (Lipinski definition) is 0. The second kappa shape index (κ2) is 3.41. The van der Waals surface area contributed by atoms with Crippen molar-refractivity contribution in [1.29, 1.82) is 0 Å². The predicted molar refractivity (Wildman–Crippen MR) is 57.2 cm³/mol. The normalized spacial score (nSPS) is 10.8. The summed E-state index contributed by atoms with van der Waals surface area (Å²) < 4.78 is 18.0. The molecule has 0 aliphatic carbocycles.